The summed E-state index contributed by atoms with van der Waals surface area (Å²) in [4.78, 5) is 13.9. The Labute approximate surface area is 298 Å². The van der Waals surface area contributed by atoms with Crippen LogP contribution in [-0.2, 0) is 18.9 Å². The molecule has 3 fully saturated rings. The Kier molecular flexibility index (Phi) is 11.5. The summed E-state index contributed by atoms with van der Waals surface area (Å²) in [7, 11) is 0. The lowest BCUT2D eigenvalue weighted by molar-refractivity contribution is -0.318. The summed E-state index contributed by atoms with van der Waals surface area (Å²) in [5, 5.41) is 123. The van der Waals surface area contributed by atoms with Crippen molar-refractivity contribution in [1.82, 2.24) is 0 Å². The van der Waals surface area contributed by atoms with E-state index in [1.165, 1.54) is 31.2 Å². The number of aliphatic hydroxyl groups is 10. The van der Waals surface area contributed by atoms with Crippen LogP contribution in [0, 0.1) is 0 Å². The zero-order valence-electron chi connectivity index (χ0n) is 27.7. The molecule has 20 heteroatoms. The van der Waals surface area contributed by atoms with Gasteiger partial charge < -0.3 is 94.1 Å². The second-order valence-corrected chi connectivity index (χ2v) is 12.9. The van der Waals surface area contributed by atoms with Crippen molar-refractivity contribution in [3.63, 3.8) is 0 Å². The van der Waals surface area contributed by atoms with Crippen LogP contribution >= 0.6 is 0 Å². The first-order valence-corrected chi connectivity index (χ1v) is 16.4. The molecule has 6 rings (SSSR count). The van der Waals surface area contributed by atoms with Crippen LogP contribution in [0.5, 0.6) is 23.0 Å². The minimum absolute atomic E-state index is 0.0356. The number of aromatic hydroxyl groups is 2. The third-order valence-corrected chi connectivity index (χ3v) is 9.27. The molecular formula is C33H40O20. The average Bonchev–Trinajstić information content (AvgIpc) is 3.13. The molecule has 0 bridgehead atoms. The Bertz CT molecular complexity index is 1780. The lowest BCUT2D eigenvalue weighted by Crippen LogP contribution is -2.61. The van der Waals surface area contributed by atoms with Crippen molar-refractivity contribution in [3.8, 4) is 34.3 Å². The summed E-state index contributed by atoms with van der Waals surface area (Å²) in [5.74, 6) is -2.15. The van der Waals surface area contributed by atoms with Crippen molar-refractivity contribution in [2.75, 3.05) is 13.2 Å². The van der Waals surface area contributed by atoms with Gasteiger partial charge in [-0.15, -0.1) is 0 Å². The molecule has 15 atom stereocenters. The Morgan fingerprint density at radius 2 is 1.23 bits per heavy atom. The van der Waals surface area contributed by atoms with Gasteiger partial charge in [0, 0.05) is 17.7 Å². The minimum atomic E-state index is -2.00. The number of phenolic OH excluding ortho intramolecular Hbond substituents is 2. The van der Waals surface area contributed by atoms with Crippen molar-refractivity contribution in [2.45, 2.75) is 99.0 Å². The minimum Gasteiger partial charge on any atom is -0.508 e. The summed E-state index contributed by atoms with van der Waals surface area (Å²) in [6, 6.07) is 7.23. The first-order chi connectivity index (χ1) is 25.1. The van der Waals surface area contributed by atoms with Gasteiger partial charge >= 0.3 is 0 Å². The highest BCUT2D eigenvalue weighted by Crippen LogP contribution is 2.38. The second kappa shape index (κ2) is 15.6. The number of benzene rings is 2. The molecule has 3 aromatic rings. The van der Waals surface area contributed by atoms with Gasteiger partial charge in [-0.1, -0.05) is 0 Å². The molecule has 0 amide bonds. The van der Waals surface area contributed by atoms with Gasteiger partial charge in [-0.3, -0.25) is 4.79 Å². The number of phenols is 2. The van der Waals surface area contributed by atoms with Crippen LogP contribution in [0.4, 0.5) is 0 Å². The Hall–Kier alpha value is -3.71. The SMILES string of the molecule is C[C@@H]1O[C@@H](OC[C@H]2O[C@@H](Oc3c(-c4ccc(O[C@@H]5O[C@H](CO)[C@@H](O)[C@H](O)[C@H]5O)cc4)oc4cc(O)cc(O)c4c3=O)[C@H](O)[C@@H](O)[C@@H]2O)[C@H](O)[C@@H](O)[C@H]1O. The van der Waals surface area contributed by atoms with E-state index in [0.717, 1.165) is 12.1 Å². The number of rotatable bonds is 9. The van der Waals surface area contributed by atoms with Crippen LogP contribution < -0.4 is 14.9 Å². The molecule has 3 saturated heterocycles. The van der Waals surface area contributed by atoms with Gasteiger partial charge in [-0.2, -0.15) is 0 Å². The third-order valence-electron chi connectivity index (χ3n) is 9.27. The predicted octanol–water partition coefficient (Wildman–Crippen LogP) is -3.92. The zero-order valence-corrected chi connectivity index (χ0v) is 27.7. The fourth-order valence-corrected chi connectivity index (χ4v) is 6.16. The lowest BCUT2D eigenvalue weighted by atomic mass is 9.98. The summed E-state index contributed by atoms with van der Waals surface area (Å²) in [6.07, 6.45) is -24.2. The lowest BCUT2D eigenvalue weighted by Gasteiger charge is -2.42. The van der Waals surface area contributed by atoms with Gasteiger partial charge in [0.25, 0.3) is 0 Å². The van der Waals surface area contributed by atoms with Gasteiger partial charge in [0.05, 0.1) is 19.3 Å². The van der Waals surface area contributed by atoms with E-state index in [1.54, 1.807) is 0 Å². The van der Waals surface area contributed by atoms with Gasteiger partial charge in [-0.05, 0) is 31.2 Å². The molecule has 292 valence electrons. The molecule has 4 heterocycles. The molecule has 3 aliphatic rings. The molecule has 1 aromatic heterocycles. The van der Waals surface area contributed by atoms with Crippen molar-refractivity contribution in [3.05, 3.63) is 46.6 Å². The fourth-order valence-electron chi connectivity index (χ4n) is 6.16. The van der Waals surface area contributed by atoms with Crippen LogP contribution in [0.1, 0.15) is 6.92 Å². The molecule has 0 saturated carbocycles. The van der Waals surface area contributed by atoms with Crippen LogP contribution in [0.25, 0.3) is 22.3 Å². The quantitative estimate of drug-likeness (QED) is 0.0992. The summed E-state index contributed by atoms with van der Waals surface area (Å²) < 4.78 is 39.2. The van der Waals surface area contributed by atoms with Crippen molar-refractivity contribution in [2.24, 2.45) is 0 Å². The highest BCUT2D eigenvalue weighted by atomic mass is 16.7. The molecule has 3 aliphatic heterocycles. The molecule has 12 N–H and O–H groups in total. The average molecular weight is 757 g/mol. The number of hydrogen-bond acceptors (Lipinski definition) is 20. The van der Waals surface area contributed by atoms with E-state index in [2.05, 4.69) is 0 Å². The van der Waals surface area contributed by atoms with Crippen LogP contribution in [0.3, 0.4) is 0 Å². The van der Waals surface area contributed by atoms with Crippen LogP contribution in [0.2, 0.25) is 0 Å². The monoisotopic (exact) mass is 756 g/mol. The standard InChI is InChI=1S/C33H40O20/c1-10-19(37)23(41)26(44)31(48-10)47-9-17-21(39)25(43)28(46)33(52-17)53-30-22(40)18-14(36)6-12(35)7-15(18)50-29(30)11-2-4-13(5-3-11)49-32-27(45)24(42)20(38)16(8-34)51-32/h2-7,10,16-17,19-21,23-28,31-39,41-46H,8-9H2,1H3/t10-,16+,17+,19-,20+,21+,23-,24-,25-,26+,27+,28+,31+,32+,33-/m0/s1. The molecule has 0 radical (unpaired) electrons. The van der Waals surface area contributed by atoms with E-state index in [4.69, 9.17) is 32.8 Å². The summed E-state index contributed by atoms with van der Waals surface area (Å²) in [6.45, 7) is 0.101. The van der Waals surface area contributed by atoms with Crippen molar-refractivity contribution >= 4 is 11.0 Å². The van der Waals surface area contributed by atoms with E-state index in [9.17, 15) is 66.1 Å². The summed E-state index contributed by atoms with van der Waals surface area (Å²) in [5.41, 5.74) is -1.23. The van der Waals surface area contributed by atoms with Crippen LogP contribution in [0.15, 0.2) is 45.6 Å². The maximum Gasteiger partial charge on any atom is 0.239 e. The maximum atomic E-state index is 13.9. The molecule has 20 nitrogen and oxygen atoms in total. The Morgan fingerprint density at radius 1 is 0.660 bits per heavy atom. The topological polar surface area (TPSA) is 328 Å². The van der Waals surface area contributed by atoms with Gasteiger partial charge in [-0.25, -0.2) is 0 Å². The number of ether oxygens (including phenoxy) is 6. The fraction of sp³-hybridized carbons (Fsp3) is 0.545. The highest BCUT2D eigenvalue weighted by molar-refractivity contribution is 5.88. The van der Waals surface area contributed by atoms with E-state index in [-0.39, 0.29) is 22.7 Å². The van der Waals surface area contributed by atoms with Gasteiger partial charge in [0.15, 0.2) is 12.1 Å². The van der Waals surface area contributed by atoms with Gasteiger partial charge in [0.2, 0.25) is 23.8 Å². The van der Waals surface area contributed by atoms with Crippen molar-refractivity contribution in [1.29, 1.82) is 0 Å². The first-order valence-electron chi connectivity index (χ1n) is 16.4. The first kappa shape index (κ1) is 39.0. The molecule has 0 unspecified atom stereocenters. The second-order valence-electron chi connectivity index (χ2n) is 12.9. The Balaban J connectivity index is 1.28. The molecule has 0 spiro atoms. The Morgan fingerprint density at radius 3 is 1.87 bits per heavy atom. The van der Waals surface area contributed by atoms with E-state index < -0.39 is 133 Å². The van der Waals surface area contributed by atoms with Crippen LogP contribution in [-0.4, -0.2) is 167 Å². The maximum absolute atomic E-state index is 13.9. The normalized spacial score (nSPS) is 37.8. The smallest absolute Gasteiger partial charge is 0.239 e. The van der Waals surface area contributed by atoms with Gasteiger partial charge in [0.1, 0.15) is 95.4 Å². The molecule has 2 aromatic carbocycles. The number of aliphatic hydroxyl groups excluding tert-OH is 10. The third kappa shape index (κ3) is 7.52. The largest absolute Gasteiger partial charge is 0.508 e. The number of fused-ring (bicyclic) bond motifs is 1. The van der Waals surface area contributed by atoms with Crippen molar-refractivity contribution < 1.29 is 94.1 Å². The molecule has 53 heavy (non-hydrogen) atoms. The molecule has 0 aliphatic carbocycles. The van der Waals surface area contributed by atoms with E-state index in [1.807, 2.05) is 0 Å². The zero-order chi connectivity index (χ0) is 38.5. The number of hydrogen-bond donors (Lipinski definition) is 12. The molecular weight excluding hydrogens is 716 g/mol. The van der Waals surface area contributed by atoms with E-state index >= 15 is 0 Å². The highest BCUT2D eigenvalue weighted by Gasteiger charge is 2.48. The predicted molar refractivity (Wildman–Crippen MR) is 171 cm³/mol. The van der Waals surface area contributed by atoms with E-state index in [0.29, 0.717) is 0 Å². The summed E-state index contributed by atoms with van der Waals surface area (Å²) >= 11 is 0.